The Morgan fingerprint density at radius 3 is 2.28 bits per heavy atom. The molecular formula is C33H41N3O3. The quantitative estimate of drug-likeness (QED) is 0.422. The Hall–Kier alpha value is -3.64. The average Bonchev–Trinajstić information content (AvgIpc) is 2.96. The lowest BCUT2D eigenvalue weighted by Gasteiger charge is -2.30. The minimum absolute atomic E-state index is 0.0249. The maximum absolute atomic E-state index is 14.0. The molecule has 0 saturated heterocycles. The SMILES string of the molecule is Cc1cccc(C(=O)N2CCN(C(C)C)CCCN(C(=O)COc3ccccc3)c3c(C)cccc3C2)c1C. The lowest BCUT2D eigenvalue weighted by molar-refractivity contribution is -0.120. The number of fused-ring (bicyclic) bond motifs is 1. The van der Waals surface area contributed by atoms with E-state index in [2.05, 4.69) is 18.7 Å². The van der Waals surface area contributed by atoms with Gasteiger partial charge in [0.1, 0.15) is 5.75 Å². The van der Waals surface area contributed by atoms with Gasteiger partial charge >= 0.3 is 0 Å². The van der Waals surface area contributed by atoms with E-state index in [-0.39, 0.29) is 18.4 Å². The maximum atomic E-state index is 14.0. The number of carbonyl (C=O) groups is 2. The number of para-hydroxylation sites is 2. The van der Waals surface area contributed by atoms with E-state index in [1.54, 1.807) is 0 Å². The van der Waals surface area contributed by atoms with Crippen molar-refractivity contribution in [2.24, 2.45) is 0 Å². The topological polar surface area (TPSA) is 53.1 Å². The fraction of sp³-hybridized carbons (Fsp3) is 0.394. The molecular weight excluding hydrogens is 486 g/mol. The lowest BCUT2D eigenvalue weighted by atomic mass is 10.0. The molecule has 1 heterocycles. The number of anilines is 1. The number of aryl methyl sites for hydroxylation is 2. The number of hydrogen-bond acceptors (Lipinski definition) is 4. The normalized spacial score (nSPS) is 15.0. The molecule has 0 fully saturated rings. The molecule has 3 aromatic rings. The standard InChI is InChI=1S/C33H41N3O3/c1-24(2)34-18-11-19-36(31(37)23-39-29-15-7-6-8-16-29)32-26(4)13-9-14-28(32)22-35(21-20-34)33(38)30-17-10-12-25(3)27(30)5/h6-10,12-17,24H,11,18-23H2,1-5H3. The molecule has 0 unspecified atom stereocenters. The molecule has 3 aromatic carbocycles. The third-order valence-electron chi connectivity index (χ3n) is 7.70. The second-order valence-electron chi connectivity index (χ2n) is 10.7. The van der Waals surface area contributed by atoms with Crippen molar-refractivity contribution in [3.05, 3.63) is 94.5 Å². The van der Waals surface area contributed by atoms with E-state index < -0.39 is 0 Å². The third-order valence-corrected chi connectivity index (χ3v) is 7.70. The molecule has 1 aliphatic rings. The van der Waals surface area contributed by atoms with Crippen molar-refractivity contribution < 1.29 is 14.3 Å². The molecule has 6 nitrogen and oxygen atoms in total. The van der Waals surface area contributed by atoms with Crippen LogP contribution in [0.2, 0.25) is 0 Å². The van der Waals surface area contributed by atoms with Gasteiger partial charge in [-0.15, -0.1) is 0 Å². The summed E-state index contributed by atoms with van der Waals surface area (Å²) in [5.41, 5.74) is 5.72. The molecule has 1 aliphatic heterocycles. The monoisotopic (exact) mass is 527 g/mol. The minimum Gasteiger partial charge on any atom is -0.484 e. The van der Waals surface area contributed by atoms with Crippen molar-refractivity contribution in [1.29, 1.82) is 0 Å². The van der Waals surface area contributed by atoms with Gasteiger partial charge in [-0.2, -0.15) is 0 Å². The van der Waals surface area contributed by atoms with Crippen LogP contribution in [0, 0.1) is 20.8 Å². The van der Waals surface area contributed by atoms with E-state index in [9.17, 15) is 9.59 Å². The van der Waals surface area contributed by atoms with Crippen molar-refractivity contribution in [2.45, 2.75) is 53.6 Å². The molecule has 0 spiro atoms. The summed E-state index contributed by atoms with van der Waals surface area (Å²) in [6.45, 7) is 13.7. The van der Waals surface area contributed by atoms with E-state index in [1.807, 2.05) is 97.3 Å². The Bertz CT molecular complexity index is 1290. The summed E-state index contributed by atoms with van der Waals surface area (Å²) in [6, 6.07) is 21.8. The molecule has 0 radical (unpaired) electrons. The summed E-state index contributed by atoms with van der Waals surface area (Å²) in [6.07, 6.45) is 0.827. The summed E-state index contributed by atoms with van der Waals surface area (Å²) < 4.78 is 5.86. The first-order valence-corrected chi connectivity index (χ1v) is 13.9. The van der Waals surface area contributed by atoms with Crippen LogP contribution in [0.1, 0.15) is 52.9 Å². The highest BCUT2D eigenvalue weighted by Crippen LogP contribution is 2.29. The van der Waals surface area contributed by atoms with Gasteiger partial charge in [0.15, 0.2) is 6.61 Å². The number of rotatable bonds is 5. The highest BCUT2D eigenvalue weighted by molar-refractivity contribution is 5.97. The molecule has 6 heteroatoms. The Kier molecular flexibility index (Phi) is 9.41. The van der Waals surface area contributed by atoms with Crippen LogP contribution >= 0.6 is 0 Å². The van der Waals surface area contributed by atoms with Gasteiger partial charge in [0, 0.05) is 44.3 Å². The van der Waals surface area contributed by atoms with E-state index in [1.165, 1.54) is 0 Å². The van der Waals surface area contributed by atoms with Crippen molar-refractivity contribution in [1.82, 2.24) is 9.80 Å². The van der Waals surface area contributed by atoms with Crippen LogP contribution in [0.4, 0.5) is 5.69 Å². The zero-order valence-corrected chi connectivity index (χ0v) is 23.9. The second-order valence-corrected chi connectivity index (χ2v) is 10.7. The zero-order chi connectivity index (χ0) is 27.9. The van der Waals surface area contributed by atoms with Crippen molar-refractivity contribution in [3.8, 4) is 5.75 Å². The molecule has 0 atom stereocenters. The molecule has 0 aromatic heterocycles. The molecule has 4 rings (SSSR count). The van der Waals surface area contributed by atoms with E-state index in [4.69, 9.17) is 4.74 Å². The number of amides is 2. The zero-order valence-electron chi connectivity index (χ0n) is 23.9. The molecule has 2 amide bonds. The Morgan fingerprint density at radius 2 is 1.54 bits per heavy atom. The Labute approximate surface area is 233 Å². The highest BCUT2D eigenvalue weighted by Gasteiger charge is 2.27. The minimum atomic E-state index is -0.0860. The van der Waals surface area contributed by atoms with E-state index in [0.717, 1.165) is 53.0 Å². The molecule has 0 aliphatic carbocycles. The number of nitrogens with zero attached hydrogens (tertiary/aromatic N) is 3. The smallest absolute Gasteiger partial charge is 0.264 e. The van der Waals surface area contributed by atoms with Crippen LogP contribution in [0.15, 0.2) is 66.7 Å². The highest BCUT2D eigenvalue weighted by atomic mass is 16.5. The van der Waals surface area contributed by atoms with Gasteiger partial charge < -0.3 is 14.5 Å². The van der Waals surface area contributed by atoms with Gasteiger partial charge in [0.2, 0.25) is 0 Å². The van der Waals surface area contributed by atoms with Crippen molar-refractivity contribution in [2.75, 3.05) is 37.7 Å². The number of carbonyl (C=O) groups excluding carboxylic acids is 2. The van der Waals surface area contributed by atoms with Gasteiger partial charge in [-0.05, 0) is 81.5 Å². The van der Waals surface area contributed by atoms with Crippen molar-refractivity contribution >= 4 is 17.5 Å². The van der Waals surface area contributed by atoms with E-state index in [0.29, 0.717) is 31.4 Å². The second kappa shape index (κ2) is 12.9. The molecule has 0 N–H and O–H groups in total. The fourth-order valence-corrected chi connectivity index (χ4v) is 5.25. The summed E-state index contributed by atoms with van der Waals surface area (Å²) in [5, 5.41) is 0. The summed E-state index contributed by atoms with van der Waals surface area (Å²) in [4.78, 5) is 33.9. The van der Waals surface area contributed by atoms with Gasteiger partial charge in [-0.1, -0.05) is 48.5 Å². The van der Waals surface area contributed by atoms with E-state index >= 15 is 0 Å². The predicted octanol–water partition coefficient (Wildman–Crippen LogP) is 5.78. The Balaban J connectivity index is 1.70. The van der Waals surface area contributed by atoms with Crippen LogP contribution in [0.25, 0.3) is 0 Å². The van der Waals surface area contributed by atoms with Crippen LogP contribution in [-0.2, 0) is 11.3 Å². The first kappa shape index (κ1) is 28.4. The molecule has 0 saturated carbocycles. The van der Waals surface area contributed by atoms with Crippen LogP contribution in [0.5, 0.6) is 5.75 Å². The van der Waals surface area contributed by atoms with Crippen molar-refractivity contribution in [3.63, 3.8) is 0 Å². The predicted molar refractivity (Wildman–Crippen MR) is 157 cm³/mol. The van der Waals surface area contributed by atoms with Gasteiger partial charge in [0.05, 0.1) is 5.69 Å². The fourth-order valence-electron chi connectivity index (χ4n) is 5.25. The van der Waals surface area contributed by atoms with Crippen LogP contribution in [-0.4, -0.2) is 60.4 Å². The first-order chi connectivity index (χ1) is 18.8. The van der Waals surface area contributed by atoms with Gasteiger partial charge in [-0.25, -0.2) is 0 Å². The maximum Gasteiger partial charge on any atom is 0.264 e. The van der Waals surface area contributed by atoms with Crippen LogP contribution in [0.3, 0.4) is 0 Å². The lowest BCUT2D eigenvalue weighted by Crippen LogP contribution is -2.41. The number of ether oxygens (including phenoxy) is 1. The van der Waals surface area contributed by atoms with Gasteiger partial charge in [0.25, 0.3) is 11.8 Å². The molecule has 39 heavy (non-hydrogen) atoms. The summed E-state index contributed by atoms with van der Waals surface area (Å²) >= 11 is 0. The van der Waals surface area contributed by atoms with Crippen LogP contribution < -0.4 is 9.64 Å². The molecule has 0 bridgehead atoms. The Morgan fingerprint density at radius 1 is 0.821 bits per heavy atom. The summed E-state index contributed by atoms with van der Waals surface area (Å²) in [5.74, 6) is 0.610. The number of hydrogen-bond donors (Lipinski definition) is 0. The first-order valence-electron chi connectivity index (χ1n) is 13.9. The third kappa shape index (κ3) is 6.87. The summed E-state index contributed by atoms with van der Waals surface area (Å²) in [7, 11) is 0. The average molecular weight is 528 g/mol. The molecule has 206 valence electrons. The number of benzene rings is 3. The van der Waals surface area contributed by atoms with Gasteiger partial charge in [-0.3, -0.25) is 14.5 Å². The largest absolute Gasteiger partial charge is 0.484 e.